The average molecular weight is 343 g/mol. The summed E-state index contributed by atoms with van der Waals surface area (Å²) in [6, 6.07) is 7.39. The first kappa shape index (κ1) is 17.5. The zero-order chi connectivity index (χ0) is 18.0. The minimum Gasteiger partial charge on any atom is -0.497 e. The largest absolute Gasteiger partial charge is 0.497 e. The van der Waals surface area contributed by atoms with E-state index < -0.39 is 0 Å². The average Bonchev–Trinajstić information content (AvgIpc) is 3.22. The van der Waals surface area contributed by atoms with Crippen LogP contribution in [-0.2, 0) is 4.79 Å². The van der Waals surface area contributed by atoms with Crippen LogP contribution < -0.4 is 4.74 Å². The number of methoxy groups -OCH3 is 1. The number of carbonyl (C=O) groups excluding carboxylic acids is 1. The van der Waals surface area contributed by atoms with Crippen LogP contribution in [0.5, 0.6) is 5.75 Å². The molecule has 6 nitrogen and oxygen atoms in total. The van der Waals surface area contributed by atoms with Crippen molar-refractivity contribution in [3.63, 3.8) is 0 Å². The lowest BCUT2D eigenvalue weighted by atomic mass is 9.91. The fraction of sp³-hybridized carbons (Fsp3) is 0.526. The van der Waals surface area contributed by atoms with E-state index in [2.05, 4.69) is 30.9 Å². The van der Waals surface area contributed by atoms with E-state index in [1.807, 2.05) is 29.2 Å². The van der Waals surface area contributed by atoms with Gasteiger partial charge in [-0.2, -0.15) is 4.98 Å². The number of nitrogens with zero attached hydrogens (tertiary/aromatic N) is 3. The van der Waals surface area contributed by atoms with E-state index in [0.717, 1.165) is 30.7 Å². The lowest BCUT2D eigenvalue weighted by Crippen LogP contribution is -2.33. The van der Waals surface area contributed by atoms with Gasteiger partial charge in [-0.05, 0) is 42.5 Å². The molecule has 1 amide bonds. The second kappa shape index (κ2) is 6.86. The van der Waals surface area contributed by atoms with Crippen LogP contribution >= 0.6 is 0 Å². The van der Waals surface area contributed by atoms with E-state index in [4.69, 9.17) is 9.26 Å². The summed E-state index contributed by atoms with van der Waals surface area (Å²) in [5.41, 5.74) is 0.828. The van der Waals surface area contributed by atoms with Crippen molar-refractivity contribution in [3.05, 3.63) is 30.2 Å². The quantitative estimate of drug-likeness (QED) is 0.843. The van der Waals surface area contributed by atoms with Gasteiger partial charge in [-0.15, -0.1) is 0 Å². The van der Waals surface area contributed by atoms with Gasteiger partial charge in [0, 0.05) is 18.5 Å². The number of ether oxygens (including phenoxy) is 1. The van der Waals surface area contributed by atoms with Crippen LogP contribution in [0.25, 0.3) is 11.4 Å². The molecule has 0 saturated carbocycles. The molecule has 1 atom stereocenters. The number of amides is 1. The third kappa shape index (κ3) is 4.00. The number of carbonyl (C=O) groups is 1. The van der Waals surface area contributed by atoms with Crippen molar-refractivity contribution in [3.8, 4) is 17.1 Å². The summed E-state index contributed by atoms with van der Waals surface area (Å²) >= 11 is 0. The maximum atomic E-state index is 12.6. The van der Waals surface area contributed by atoms with Crippen molar-refractivity contribution < 1.29 is 14.1 Å². The molecule has 2 heterocycles. The van der Waals surface area contributed by atoms with E-state index in [9.17, 15) is 4.79 Å². The standard InChI is InChI=1S/C19H25N3O3/c1-19(2,3)12-16(23)22-11-5-6-15(22)18-20-17(21-25-18)13-7-9-14(24-4)10-8-13/h7-10,15H,5-6,11-12H2,1-4H3/t15-/m0/s1. The van der Waals surface area contributed by atoms with Gasteiger partial charge in [-0.25, -0.2) is 0 Å². The summed E-state index contributed by atoms with van der Waals surface area (Å²) in [6.45, 7) is 6.97. The van der Waals surface area contributed by atoms with Gasteiger partial charge >= 0.3 is 0 Å². The summed E-state index contributed by atoms with van der Waals surface area (Å²) in [4.78, 5) is 19.0. The predicted octanol–water partition coefficient (Wildman–Crippen LogP) is 3.84. The summed E-state index contributed by atoms with van der Waals surface area (Å²) in [5, 5.41) is 4.09. The van der Waals surface area contributed by atoms with Crippen molar-refractivity contribution in [1.82, 2.24) is 15.0 Å². The Morgan fingerprint density at radius 1 is 1.32 bits per heavy atom. The highest BCUT2D eigenvalue weighted by atomic mass is 16.5. The smallest absolute Gasteiger partial charge is 0.249 e. The molecular formula is C19H25N3O3. The van der Waals surface area contributed by atoms with E-state index in [-0.39, 0.29) is 17.4 Å². The van der Waals surface area contributed by atoms with Crippen molar-refractivity contribution in [1.29, 1.82) is 0 Å². The molecule has 2 aromatic rings. The Hall–Kier alpha value is -2.37. The second-order valence-electron chi connectivity index (χ2n) is 7.67. The van der Waals surface area contributed by atoms with Gasteiger partial charge in [0.15, 0.2) is 0 Å². The van der Waals surface area contributed by atoms with Gasteiger partial charge in [0.2, 0.25) is 17.6 Å². The van der Waals surface area contributed by atoms with Gasteiger partial charge in [0.05, 0.1) is 7.11 Å². The lowest BCUT2D eigenvalue weighted by molar-refractivity contribution is -0.134. The molecule has 134 valence electrons. The van der Waals surface area contributed by atoms with Crippen molar-refractivity contribution in [2.45, 2.75) is 46.1 Å². The van der Waals surface area contributed by atoms with Gasteiger partial charge in [-0.3, -0.25) is 4.79 Å². The maximum absolute atomic E-state index is 12.6. The molecule has 6 heteroatoms. The molecule has 0 radical (unpaired) electrons. The Morgan fingerprint density at radius 3 is 2.68 bits per heavy atom. The van der Waals surface area contributed by atoms with Crippen LogP contribution in [0.1, 0.15) is 52.0 Å². The Balaban J connectivity index is 1.77. The molecule has 0 spiro atoms. The van der Waals surface area contributed by atoms with Crippen LogP contribution in [0.3, 0.4) is 0 Å². The fourth-order valence-corrected chi connectivity index (χ4v) is 3.11. The molecule has 0 N–H and O–H groups in total. The first-order valence-electron chi connectivity index (χ1n) is 8.65. The molecule has 3 rings (SSSR count). The Bertz CT molecular complexity index is 731. The van der Waals surface area contributed by atoms with E-state index in [0.29, 0.717) is 18.1 Å². The van der Waals surface area contributed by atoms with Crippen molar-refractivity contribution >= 4 is 5.91 Å². The molecular weight excluding hydrogens is 318 g/mol. The van der Waals surface area contributed by atoms with Crippen LogP contribution in [-0.4, -0.2) is 34.6 Å². The van der Waals surface area contributed by atoms with Crippen molar-refractivity contribution in [2.75, 3.05) is 13.7 Å². The first-order chi connectivity index (χ1) is 11.9. The summed E-state index contributed by atoms with van der Waals surface area (Å²) in [6.07, 6.45) is 2.34. The molecule has 1 aromatic heterocycles. The number of hydrogen-bond acceptors (Lipinski definition) is 5. The molecule has 1 aliphatic rings. The molecule has 1 aliphatic heterocycles. The molecule has 1 saturated heterocycles. The highest BCUT2D eigenvalue weighted by molar-refractivity contribution is 5.77. The number of aromatic nitrogens is 2. The summed E-state index contributed by atoms with van der Waals surface area (Å²) < 4.78 is 10.6. The Kier molecular flexibility index (Phi) is 4.79. The summed E-state index contributed by atoms with van der Waals surface area (Å²) in [7, 11) is 1.63. The molecule has 1 fully saturated rings. The third-order valence-electron chi connectivity index (χ3n) is 4.33. The number of benzene rings is 1. The van der Waals surface area contributed by atoms with E-state index in [1.165, 1.54) is 0 Å². The zero-order valence-corrected chi connectivity index (χ0v) is 15.3. The maximum Gasteiger partial charge on any atom is 0.249 e. The van der Waals surface area contributed by atoms with Gasteiger partial charge in [0.25, 0.3) is 0 Å². The molecule has 0 unspecified atom stereocenters. The number of hydrogen-bond donors (Lipinski definition) is 0. The third-order valence-corrected chi connectivity index (χ3v) is 4.33. The van der Waals surface area contributed by atoms with Crippen LogP contribution in [0, 0.1) is 5.41 Å². The normalized spacial score (nSPS) is 17.8. The van der Waals surface area contributed by atoms with Crippen molar-refractivity contribution in [2.24, 2.45) is 5.41 Å². The second-order valence-corrected chi connectivity index (χ2v) is 7.67. The highest BCUT2D eigenvalue weighted by Crippen LogP contribution is 2.34. The van der Waals surface area contributed by atoms with E-state index in [1.54, 1.807) is 7.11 Å². The van der Waals surface area contributed by atoms with E-state index >= 15 is 0 Å². The van der Waals surface area contributed by atoms with Crippen LogP contribution in [0.4, 0.5) is 0 Å². The molecule has 0 bridgehead atoms. The Morgan fingerprint density at radius 2 is 2.04 bits per heavy atom. The van der Waals surface area contributed by atoms with Crippen LogP contribution in [0.15, 0.2) is 28.8 Å². The predicted molar refractivity (Wildman–Crippen MR) is 94.0 cm³/mol. The molecule has 25 heavy (non-hydrogen) atoms. The lowest BCUT2D eigenvalue weighted by Gasteiger charge is -2.26. The minimum absolute atomic E-state index is 0.0344. The minimum atomic E-state index is -0.116. The van der Waals surface area contributed by atoms with Gasteiger partial charge in [-0.1, -0.05) is 25.9 Å². The van der Waals surface area contributed by atoms with Crippen LogP contribution in [0.2, 0.25) is 0 Å². The first-order valence-corrected chi connectivity index (χ1v) is 8.65. The Labute approximate surface area is 148 Å². The fourth-order valence-electron chi connectivity index (χ4n) is 3.11. The number of likely N-dealkylation sites (tertiary alicyclic amines) is 1. The highest BCUT2D eigenvalue weighted by Gasteiger charge is 2.35. The molecule has 0 aliphatic carbocycles. The SMILES string of the molecule is COc1ccc(-c2noc([C@@H]3CCCN3C(=O)CC(C)(C)C)n2)cc1. The number of rotatable bonds is 4. The van der Waals surface area contributed by atoms with Gasteiger partial charge < -0.3 is 14.2 Å². The van der Waals surface area contributed by atoms with Gasteiger partial charge in [0.1, 0.15) is 11.8 Å². The topological polar surface area (TPSA) is 68.5 Å². The monoisotopic (exact) mass is 343 g/mol. The molecule has 1 aromatic carbocycles. The zero-order valence-electron chi connectivity index (χ0n) is 15.3. The summed E-state index contributed by atoms with van der Waals surface area (Å²) in [5.74, 6) is 1.99.